The van der Waals surface area contributed by atoms with Gasteiger partial charge in [-0.25, -0.2) is 15.0 Å². The van der Waals surface area contributed by atoms with Gasteiger partial charge in [0, 0.05) is 38.9 Å². The average Bonchev–Trinajstić information content (AvgIpc) is 3.75. The summed E-state index contributed by atoms with van der Waals surface area (Å²) in [6, 6.07) is 40.2. The van der Waals surface area contributed by atoms with Crippen molar-refractivity contribution in [3.05, 3.63) is 128 Å². The number of furan rings is 2. The van der Waals surface area contributed by atoms with E-state index >= 15 is 0 Å². The molecule has 5 aromatic carbocycles. The summed E-state index contributed by atoms with van der Waals surface area (Å²) in [5, 5.41) is 14.5. The van der Waals surface area contributed by atoms with E-state index in [0.717, 1.165) is 66.1 Å². The average molecular weight is 695 g/mol. The van der Waals surface area contributed by atoms with Gasteiger partial charge in [0.25, 0.3) is 0 Å². The van der Waals surface area contributed by atoms with E-state index in [1.165, 1.54) is 0 Å². The monoisotopic (exact) mass is 694 g/mol. The molecule has 0 bridgehead atoms. The summed E-state index contributed by atoms with van der Waals surface area (Å²) >= 11 is 0. The van der Waals surface area contributed by atoms with Gasteiger partial charge in [-0.3, -0.25) is 4.98 Å². The fourth-order valence-corrected chi connectivity index (χ4v) is 6.50. The smallest absolute Gasteiger partial charge is 0.309 e. The first kappa shape index (κ1) is 32.7. The molecule has 0 atom stereocenters. The van der Waals surface area contributed by atoms with Gasteiger partial charge in [-0.15, -0.1) is 0 Å². The fourth-order valence-electron chi connectivity index (χ4n) is 6.50. The van der Waals surface area contributed by atoms with Crippen LogP contribution >= 0.6 is 0 Å². The largest absolute Gasteiger partial charge is 0.455 e. The van der Waals surface area contributed by atoms with Crippen LogP contribution in [-0.4, -0.2) is 43.7 Å². The molecule has 0 aliphatic heterocycles. The van der Waals surface area contributed by atoms with E-state index in [1.807, 2.05) is 111 Å². The van der Waals surface area contributed by atoms with Crippen molar-refractivity contribution in [1.29, 1.82) is 0 Å². The minimum absolute atomic E-state index is 0.386. The maximum Gasteiger partial charge on any atom is 0.309 e. The Morgan fingerprint density at radius 1 is 0.547 bits per heavy atom. The van der Waals surface area contributed by atoms with E-state index in [1.54, 1.807) is 20.0 Å². The van der Waals surface area contributed by atoms with Gasteiger partial charge in [0.05, 0.1) is 28.0 Å². The minimum atomic E-state index is -0.972. The Balaban J connectivity index is 1.12. The summed E-state index contributed by atoms with van der Waals surface area (Å²) in [5.74, 6) is 1.45. The highest BCUT2D eigenvalue weighted by molar-refractivity contribution is 6.47. The van der Waals surface area contributed by atoms with Crippen LogP contribution in [0.1, 0.15) is 27.7 Å². The van der Waals surface area contributed by atoms with Gasteiger partial charge in [0.2, 0.25) is 0 Å². The SMILES string of the molecule is CC(C)(O)C(C)(C)OBc1ccc(-c2ccc(-c3nc(-c4cccc5c4oc4ccccc45)nc(-c4cccc5c4oc4ccccc45)n3)cn2)cc1. The zero-order valence-corrected chi connectivity index (χ0v) is 29.8. The molecule has 4 aromatic heterocycles. The maximum absolute atomic E-state index is 10.5. The molecule has 0 saturated carbocycles. The van der Waals surface area contributed by atoms with E-state index in [0.29, 0.717) is 36.1 Å². The molecule has 0 radical (unpaired) electrons. The van der Waals surface area contributed by atoms with Crippen LogP contribution in [0.2, 0.25) is 0 Å². The highest BCUT2D eigenvalue weighted by atomic mass is 16.5. The topological polar surface area (TPSA) is 107 Å². The molecule has 4 heterocycles. The standard InChI is InChI=1S/C44H35BN4O4/c1-43(2,50)44(3,4)53-45-28-22-19-26(20-23-28)35-24-21-27(25-46-35)40-47-41(33-15-9-13-31-29-11-5-7-17-36(29)51-38(31)33)49-42(48-40)34-16-10-14-32-30-12-6-8-18-37(30)52-39(32)34/h5-25,45,50H,1-4H3. The summed E-state index contributed by atoms with van der Waals surface area (Å²) < 4.78 is 18.9. The highest BCUT2D eigenvalue weighted by Gasteiger charge is 2.35. The number of benzene rings is 5. The number of pyridine rings is 1. The first-order chi connectivity index (χ1) is 25.6. The van der Waals surface area contributed by atoms with E-state index in [4.69, 9.17) is 33.4 Å². The number of hydrogen-bond acceptors (Lipinski definition) is 8. The van der Waals surface area contributed by atoms with E-state index < -0.39 is 11.2 Å². The molecular formula is C44H35BN4O4. The summed E-state index contributed by atoms with van der Waals surface area (Å²) in [6.45, 7) is 7.30. The van der Waals surface area contributed by atoms with Gasteiger partial charge < -0.3 is 18.6 Å². The number of fused-ring (bicyclic) bond motifs is 6. The van der Waals surface area contributed by atoms with Crippen molar-refractivity contribution in [2.75, 3.05) is 0 Å². The second-order valence-electron chi connectivity index (χ2n) is 14.4. The third kappa shape index (κ3) is 5.84. The quantitative estimate of drug-likeness (QED) is 0.157. The Morgan fingerprint density at radius 2 is 1.06 bits per heavy atom. The van der Waals surface area contributed by atoms with Crippen molar-refractivity contribution < 1.29 is 18.6 Å². The lowest BCUT2D eigenvalue weighted by molar-refractivity contribution is -0.0893. The maximum atomic E-state index is 10.5. The third-order valence-electron chi connectivity index (χ3n) is 10.3. The van der Waals surface area contributed by atoms with E-state index in [2.05, 4.69) is 24.3 Å². The molecule has 258 valence electrons. The van der Waals surface area contributed by atoms with Crippen molar-refractivity contribution in [3.63, 3.8) is 0 Å². The molecule has 0 saturated heterocycles. The van der Waals surface area contributed by atoms with Crippen LogP contribution in [0.15, 0.2) is 136 Å². The number of para-hydroxylation sites is 4. The Morgan fingerprint density at radius 3 is 1.58 bits per heavy atom. The molecule has 9 rings (SSSR count). The van der Waals surface area contributed by atoms with Crippen molar-refractivity contribution in [3.8, 4) is 45.4 Å². The van der Waals surface area contributed by atoms with Crippen molar-refractivity contribution >= 4 is 56.8 Å². The van der Waals surface area contributed by atoms with Crippen LogP contribution in [-0.2, 0) is 4.65 Å². The zero-order valence-electron chi connectivity index (χ0n) is 29.8. The summed E-state index contributed by atoms with van der Waals surface area (Å²) in [6.07, 6.45) is 1.80. The second kappa shape index (κ2) is 12.5. The molecule has 0 spiro atoms. The molecule has 8 nitrogen and oxygen atoms in total. The van der Waals surface area contributed by atoms with Crippen molar-refractivity contribution in [2.45, 2.75) is 38.9 Å². The first-order valence-electron chi connectivity index (χ1n) is 17.6. The molecule has 1 N–H and O–H groups in total. The van der Waals surface area contributed by atoms with Crippen LogP contribution in [0.4, 0.5) is 0 Å². The first-order valence-corrected chi connectivity index (χ1v) is 17.6. The van der Waals surface area contributed by atoms with Gasteiger partial charge in [0.1, 0.15) is 22.3 Å². The molecule has 0 aliphatic rings. The fraction of sp³-hybridized carbons (Fsp3) is 0.136. The van der Waals surface area contributed by atoms with Crippen LogP contribution in [0.3, 0.4) is 0 Å². The number of nitrogens with zero attached hydrogens (tertiary/aromatic N) is 4. The Bertz CT molecular complexity index is 2670. The molecule has 0 fully saturated rings. The third-order valence-corrected chi connectivity index (χ3v) is 10.3. The summed E-state index contributed by atoms with van der Waals surface area (Å²) in [7, 11) is 0.386. The Kier molecular flexibility index (Phi) is 7.73. The Labute approximate surface area is 306 Å². The lowest BCUT2D eigenvalue weighted by Crippen LogP contribution is -2.49. The highest BCUT2D eigenvalue weighted by Crippen LogP contribution is 2.38. The normalized spacial score (nSPS) is 12.3. The molecule has 0 unspecified atom stereocenters. The van der Waals surface area contributed by atoms with Crippen molar-refractivity contribution in [1.82, 2.24) is 19.9 Å². The number of aromatic nitrogens is 4. The summed E-state index contributed by atoms with van der Waals surface area (Å²) in [4.78, 5) is 20.0. The van der Waals surface area contributed by atoms with Crippen LogP contribution in [0.5, 0.6) is 0 Å². The van der Waals surface area contributed by atoms with Crippen LogP contribution in [0, 0.1) is 0 Å². The summed E-state index contributed by atoms with van der Waals surface area (Å²) in [5.41, 5.74) is 6.41. The molecule has 0 amide bonds. The molecule has 53 heavy (non-hydrogen) atoms. The van der Waals surface area contributed by atoms with Gasteiger partial charge in [-0.2, -0.15) is 0 Å². The van der Waals surface area contributed by atoms with Gasteiger partial charge >= 0.3 is 7.48 Å². The number of hydrogen-bond donors (Lipinski definition) is 1. The predicted molar refractivity (Wildman–Crippen MR) is 212 cm³/mol. The Hall–Kier alpha value is -6.16. The predicted octanol–water partition coefficient (Wildman–Crippen LogP) is 9.28. The number of aliphatic hydroxyl groups is 1. The van der Waals surface area contributed by atoms with Gasteiger partial charge in [0.15, 0.2) is 17.5 Å². The molecular weight excluding hydrogens is 659 g/mol. The molecule has 9 aromatic rings. The van der Waals surface area contributed by atoms with Gasteiger partial charge in [-0.1, -0.05) is 90.4 Å². The number of rotatable bonds is 8. The van der Waals surface area contributed by atoms with E-state index in [9.17, 15) is 5.11 Å². The lowest BCUT2D eigenvalue weighted by Gasteiger charge is -2.37. The van der Waals surface area contributed by atoms with Gasteiger partial charge in [-0.05, 0) is 64.1 Å². The lowest BCUT2D eigenvalue weighted by atomic mass is 9.82. The van der Waals surface area contributed by atoms with E-state index in [-0.39, 0.29) is 0 Å². The van der Waals surface area contributed by atoms with Crippen molar-refractivity contribution in [2.24, 2.45) is 0 Å². The molecule has 0 aliphatic carbocycles. The zero-order chi connectivity index (χ0) is 36.3. The molecule has 9 heteroatoms. The van der Waals surface area contributed by atoms with Crippen LogP contribution < -0.4 is 5.46 Å². The minimum Gasteiger partial charge on any atom is -0.455 e. The van der Waals surface area contributed by atoms with Crippen LogP contribution in [0.25, 0.3) is 89.3 Å². The second-order valence-corrected chi connectivity index (χ2v) is 14.4.